The topological polar surface area (TPSA) is 50.7 Å². The van der Waals surface area contributed by atoms with Gasteiger partial charge in [0.05, 0.1) is 12.2 Å². The minimum atomic E-state index is 0.660. The van der Waals surface area contributed by atoms with Crippen molar-refractivity contribution in [1.82, 2.24) is 15.0 Å². The molecule has 0 unspecified atom stereocenters. The van der Waals surface area contributed by atoms with E-state index >= 15 is 0 Å². The Morgan fingerprint density at radius 3 is 2.88 bits per heavy atom. The first-order valence-electron chi connectivity index (χ1n) is 5.45. The van der Waals surface area contributed by atoms with Gasteiger partial charge < -0.3 is 5.32 Å². The van der Waals surface area contributed by atoms with Gasteiger partial charge in [0, 0.05) is 18.7 Å². The molecule has 88 valence electrons. The number of aryl methyl sites for hydroxylation is 1. The van der Waals surface area contributed by atoms with E-state index in [-0.39, 0.29) is 0 Å². The number of hydrogen-bond acceptors (Lipinski definition) is 4. The molecule has 1 N–H and O–H groups in total. The number of nitrogens with one attached hydrogen (secondary N) is 1. The van der Waals surface area contributed by atoms with Gasteiger partial charge in [0.2, 0.25) is 0 Å². The van der Waals surface area contributed by atoms with Gasteiger partial charge in [-0.15, -0.1) is 0 Å². The second-order valence-corrected chi connectivity index (χ2v) is 4.33. The molecule has 0 aliphatic heterocycles. The minimum Gasteiger partial charge on any atom is -0.364 e. The van der Waals surface area contributed by atoms with E-state index in [1.165, 1.54) is 0 Å². The SMILES string of the molecule is CCc1nc(Br)cc(NCc2ccccn2)n1. The zero-order chi connectivity index (χ0) is 12.1. The van der Waals surface area contributed by atoms with Crippen molar-refractivity contribution >= 4 is 21.7 Å². The van der Waals surface area contributed by atoms with Gasteiger partial charge in [-0.3, -0.25) is 4.98 Å². The Hall–Kier alpha value is -1.49. The molecule has 2 aromatic rings. The highest BCUT2D eigenvalue weighted by Crippen LogP contribution is 2.13. The Labute approximate surface area is 109 Å². The van der Waals surface area contributed by atoms with Crippen molar-refractivity contribution < 1.29 is 0 Å². The fourth-order valence-electron chi connectivity index (χ4n) is 1.40. The number of nitrogens with zero attached hydrogens (tertiary/aromatic N) is 3. The van der Waals surface area contributed by atoms with E-state index in [2.05, 4.69) is 36.2 Å². The zero-order valence-electron chi connectivity index (χ0n) is 9.52. The van der Waals surface area contributed by atoms with Crippen LogP contribution in [0, 0.1) is 0 Å². The van der Waals surface area contributed by atoms with Crippen LogP contribution in [-0.4, -0.2) is 15.0 Å². The first kappa shape index (κ1) is 12.0. The first-order chi connectivity index (χ1) is 8.28. The Bertz CT molecular complexity index is 487. The van der Waals surface area contributed by atoms with Crippen molar-refractivity contribution in [2.45, 2.75) is 19.9 Å². The van der Waals surface area contributed by atoms with Crippen LogP contribution in [0.4, 0.5) is 5.82 Å². The Kier molecular flexibility index (Phi) is 4.03. The van der Waals surface area contributed by atoms with Crippen LogP contribution in [0.1, 0.15) is 18.4 Å². The van der Waals surface area contributed by atoms with E-state index in [0.29, 0.717) is 6.54 Å². The van der Waals surface area contributed by atoms with E-state index in [1.54, 1.807) is 6.20 Å². The van der Waals surface area contributed by atoms with Crippen molar-refractivity contribution in [3.05, 3.63) is 46.6 Å². The molecule has 17 heavy (non-hydrogen) atoms. The maximum atomic E-state index is 4.39. The molecular weight excluding hydrogens is 280 g/mol. The summed E-state index contributed by atoms with van der Waals surface area (Å²) in [7, 11) is 0. The van der Waals surface area contributed by atoms with Crippen LogP contribution in [0.25, 0.3) is 0 Å². The van der Waals surface area contributed by atoms with Crippen molar-refractivity contribution in [1.29, 1.82) is 0 Å². The highest BCUT2D eigenvalue weighted by Gasteiger charge is 2.01. The summed E-state index contributed by atoms with van der Waals surface area (Å²) in [5.74, 6) is 1.64. The van der Waals surface area contributed by atoms with Gasteiger partial charge in [-0.05, 0) is 28.1 Å². The van der Waals surface area contributed by atoms with Crippen molar-refractivity contribution in [2.75, 3.05) is 5.32 Å². The number of pyridine rings is 1. The second kappa shape index (κ2) is 5.72. The molecular formula is C12H13BrN4. The van der Waals surface area contributed by atoms with Gasteiger partial charge in [-0.25, -0.2) is 9.97 Å². The summed E-state index contributed by atoms with van der Waals surface area (Å²) in [6.45, 7) is 2.69. The second-order valence-electron chi connectivity index (χ2n) is 3.52. The molecule has 0 saturated carbocycles. The first-order valence-corrected chi connectivity index (χ1v) is 6.24. The molecule has 5 heteroatoms. The number of anilines is 1. The summed E-state index contributed by atoms with van der Waals surface area (Å²) >= 11 is 3.37. The lowest BCUT2D eigenvalue weighted by Gasteiger charge is -2.06. The molecule has 2 heterocycles. The lowest BCUT2D eigenvalue weighted by Crippen LogP contribution is -2.05. The van der Waals surface area contributed by atoms with E-state index in [0.717, 1.165) is 28.4 Å². The third-order valence-corrected chi connectivity index (χ3v) is 2.64. The predicted molar refractivity (Wildman–Crippen MR) is 70.7 cm³/mol. The molecule has 0 radical (unpaired) electrons. The predicted octanol–water partition coefficient (Wildman–Crippen LogP) is 2.81. The van der Waals surface area contributed by atoms with Gasteiger partial charge in [0.15, 0.2) is 0 Å². The molecule has 0 bridgehead atoms. The van der Waals surface area contributed by atoms with Crippen molar-refractivity contribution in [2.24, 2.45) is 0 Å². The monoisotopic (exact) mass is 292 g/mol. The van der Waals surface area contributed by atoms with Crippen molar-refractivity contribution in [3.8, 4) is 0 Å². The molecule has 0 spiro atoms. The maximum absolute atomic E-state index is 4.39. The van der Waals surface area contributed by atoms with Crippen LogP contribution in [0.2, 0.25) is 0 Å². The van der Waals surface area contributed by atoms with Crippen LogP contribution in [0.3, 0.4) is 0 Å². The molecule has 2 aromatic heterocycles. The number of halogens is 1. The van der Waals surface area contributed by atoms with Crippen LogP contribution in [0.15, 0.2) is 35.1 Å². The molecule has 4 nitrogen and oxygen atoms in total. The lowest BCUT2D eigenvalue weighted by atomic mass is 10.3. The molecule has 0 saturated heterocycles. The summed E-state index contributed by atoms with van der Waals surface area (Å²) in [4.78, 5) is 12.9. The average Bonchev–Trinajstić information content (AvgIpc) is 2.37. The summed E-state index contributed by atoms with van der Waals surface area (Å²) in [5.41, 5.74) is 0.986. The lowest BCUT2D eigenvalue weighted by molar-refractivity contribution is 0.917. The molecule has 0 fully saturated rings. The molecule has 0 amide bonds. The Morgan fingerprint density at radius 2 is 2.18 bits per heavy atom. The number of aromatic nitrogens is 3. The zero-order valence-corrected chi connectivity index (χ0v) is 11.1. The van der Waals surface area contributed by atoms with E-state index in [9.17, 15) is 0 Å². The van der Waals surface area contributed by atoms with Crippen LogP contribution >= 0.6 is 15.9 Å². The average molecular weight is 293 g/mol. The third kappa shape index (κ3) is 3.49. The Morgan fingerprint density at radius 1 is 1.29 bits per heavy atom. The van der Waals surface area contributed by atoms with E-state index in [4.69, 9.17) is 0 Å². The molecule has 0 aliphatic rings. The smallest absolute Gasteiger partial charge is 0.131 e. The summed E-state index contributed by atoms with van der Waals surface area (Å²) in [5, 5.41) is 3.23. The fraction of sp³-hybridized carbons (Fsp3) is 0.250. The molecule has 0 aliphatic carbocycles. The third-order valence-electron chi connectivity index (χ3n) is 2.23. The van der Waals surface area contributed by atoms with Crippen LogP contribution in [0.5, 0.6) is 0 Å². The summed E-state index contributed by atoms with van der Waals surface area (Å²) < 4.78 is 0.799. The summed E-state index contributed by atoms with van der Waals surface area (Å²) in [6.07, 6.45) is 2.60. The maximum Gasteiger partial charge on any atom is 0.131 e. The highest BCUT2D eigenvalue weighted by molar-refractivity contribution is 9.10. The number of rotatable bonds is 4. The molecule has 0 atom stereocenters. The molecule has 0 aromatic carbocycles. The summed E-state index contributed by atoms with van der Waals surface area (Å²) in [6, 6.07) is 7.71. The standard InChI is InChI=1S/C12H13BrN4/c1-2-11-16-10(13)7-12(17-11)15-8-9-5-3-4-6-14-9/h3-7H,2,8H2,1H3,(H,15,16,17). The van der Waals surface area contributed by atoms with Gasteiger partial charge in [-0.2, -0.15) is 0 Å². The van der Waals surface area contributed by atoms with Gasteiger partial charge >= 0.3 is 0 Å². The molecule has 2 rings (SSSR count). The van der Waals surface area contributed by atoms with E-state index in [1.807, 2.05) is 31.2 Å². The minimum absolute atomic E-state index is 0.660. The van der Waals surface area contributed by atoms with Crippen LogP contribution < -0.4 is 5.32 Å². The highest BCUT2D eigenvalue weighted by atomic mass is 79.9. The van der Waals surface area contributed by atoms with Gasteiger partial charge in [0.1, 0.15) is 16.2 Å². The van der Waals surface area contributed by atoms with Gasteiger partial charge in [-0.1, -0.05) is 13.0 Å². The van der Waals surface area contributed by atoms with Crippen molar-refractivity contribution in [3.63, 3.8) is 0 Å². The van der Waals surface area contributed by atoms with Crippen LogP contribution in [-0.2, 0) is 13.0 Å². The number of hydrogen-bond donors (Lipinski definition) is 1. The normalized spacial score (nSPS) is 10.2. The van der Waals surface area contributed by atoms with Gasteiger partial charge in [0.25, 0.3) is 0 Å². The fourth-order valence-corrected chi connectivity index (χ4v) is 1.82. The van der Waals surface area contributed by atoms with E-state index < -0.39 is 0 Å². The largest absolute Gasteiger partial charge is 0.364 e. The Balaban J connectivity index is 2.06. The quantitative estimate of drug-likeness (QED) is 0.881.